The second-order valence-corrected chi connectivity index (χ2v) is 5.50. The standard InChI is InChI=1S/C12H14BrClN2O/c1-8-12(17)15-4-5-16(8)7-9-6-10(13)2-3-11(9)14/h2-3,6,8H,4-5,7H2,1H3,(H,15,17). The van der Waals surface area contributed by atoms with Crippen molar-refractivity contribution >= 4 is 33.4 Å². The van der Waals surface area contributed by atoms with Crippen LogP contribution in [0.1, 0.15) is 12.5 Å². The summed E-state index contributed by atoms with van der Waals surface area (Å²) in [5, 5.41) is 3.59. The van der Waals surface area contributed by atoms with E-state index in [0.29, 0.717) is 13.1 Å². The van der Waals surface area contributed by atoms with Crippen molar-refractivity contribution in [3.63, 3.8) is 0 Å². The summed E-state index contributed by atoms with van der Waals surface area (Å²) in [6.45, 7) is 4.18. The summed E-state index contributed by atoms with van der Waals surface area (Å²) in [4.78, 5) is 13.7. The van der Waals surface area contributed by atoms with E-state index in [0.717, 1.165) is 21.6 Å². The van der Waals surface area contributed by atoms with Crippen molar-refractivity contribution in [2.75, 3.05) is 13.1 Å². The Morgan fingerprint density at radius 3 is 3.12 bits per heavy atom. The molecule has 92 valence electrons. The van der Waals surface area contributed by atoms with Gasteiger partial charge in [-0.1, -0.05) is 27.5 Å². The Hall–Kier alpha value is -0.580. The molecule has 0 spiro atoms. The Morgan fingerprint density at radius 2 is 2.35 bits per heavy atom. The molecule has 3 nitrogen and oxygen atoms in total. The molecule has 1 aromatic carbocycles. The molecule has 17 heavy (non-hydrogen) atoms. The largest absolute Gasteiger partial charge is 0.353 e. The summed E-state index contributed by atoms with van der Waals surface area (Å²) >= 11 is 9.58. The molecule has 1 N–H and O–H groups in total. The van der Waals surface area contributed by atoms with E-state index < -0.39 is 0 Å². The number of hydrogen-bond acceptors (Lipinski definition) is 2. The summed E-state index contributed by atoms with van der Waals surface area (Å²) in [6.07, 6.45) is 0. The smallest absolute Gasteiger partial charge is 0.237 e. The van der Waals surface area contributed by atoms with E-state index in [1.165, 1.54) is 0 Å². The lowest BCUT2D eigenvalue weighted by atomic mass is 10.1. The summed E-state index contributed by atoms with van der Waals surface area (Å²) in [7, 11) is 0. The zero-order valence-electron chi connectivity index (χ0n) is 9.54. The molecular formula is C12H14BrClN2O. The number of carbonyl (C=O) groups is 1. The van der Waals surface area contributed by atoms with Crippen LogP contribution in [-0.2, 0) is 11.3 Å². The van der Waals surface area contributed by atoms with Crippen LogP contribution in [0.3, 0.4) is 0 Å². The molecule has 1 aliphatic heterocycles. The molecule has 0 saturated carbocycles. The molecule has 1 unspecified atom stereocenters. The fourth-order valence-electron chi connectivity index (χ4n) is 1.93. The number of amides is 1. The Kier molecular flexibility index (Phi) is 4.07. The number of nitrogens with one attached hydrogen (secondary N) is 1. The third kappa shape index (κ3) is 3.00. The highest BCUT2D eigenvalue weighted by Gasteiger charge is 2.25. The highest BCUT2D eigenvalue weighted by atomic mass is 79.9. The predicted molar refractivity (Wildman–Crippen MR) is 72.0 cm³/mol. The van der Waals surface area contributed by atoms with Crippen molar-refractivity contribution in [2.24, 2.45) is 0 Å². The van der Waals surface area contributed by atoms with Crippen LogP contribution in [-0.4, -0.2) is 29.9 Å². The fraction of sp³-hybridized carbons (Fsp3) is 0.417. The van der Waals surface area contributed by atoms with Gasteiger partial charge in [0.25, 0.3) is 0 Å². The van der Waals surface area contributed by atoms with Crippen LogP contribution in [0.4, 0.5) is 0 Å². The van der Waals surface area contributed by atoms with E-state index in [9.17, 15) is 4.79 Å². The normalized spacial score (nSPS) is 21.4. The molecule has 1 heterocycles. The molecule has 1 atom stereocenters. The molecule has 1 saturated heterocycles. The minimum absolute atomic E-state index is 0.0855. The van der Waals surface area contributed by atoms with Crippen LogP contribution in [0.2, 0.25) is 5.02 Å². The number of piperazine rings is 1. The molecule has 0 aromatic heterocycles. The Balaban J connectivity index is 2.14. The highest BCUT2D eigenvalue weighted by Crippen LogP contribution is 2.23. The highest BCUT2D eigenvalue weighted by molar-refractivity contribution is 9.10. The van der Waals surface area contributed by atoms with Crippen LogP contribution >= 0.6 is 27.5 Å². The lowest BCUT2D eigenvalue weighted by molar-refractivity contribution is -0.128. The van der Waals surface area contributed by atoms with Crippen LogP contribution < -0.4 is 5.32 Å². The Bertz CT molecular complexity index is 439. The summed E-state index contributed by atoms with van der Waals surface area (Å²) < 4.78 is 1.01. The summed E-state index contributed by atoms with van der Waals surface area (Å²) in [6, 6.07) is 5.69. The number of rotatable bonds is 2. The van der Waals surface area contributed by atoms with Gasteiger partial charge < -0.3 is 5.32 Å². The minimum atomic E-state index is -0.0983. The van der Waals surface area contributed by atoms with Gasteiger partial charge in [0, 0.05) is 29.1 Å². The lowest BCUT2D eigenvalue weighted by Crippen LogP contribution is -2.53. The lowest BCUT2D eigenvalue weighted by Gasteiger charge is -2.32. The third-order valence-corrected chi connectivity index (χ3v) is 3.87. The number of hydrogen-bond donors (Lipinski definition) is 1. The molecule has 0 bridgehead atoms. The summed E-state index contributed by atoms with van der Waals surface area (Å²) in [5.41, 5.74) is 1.04. The number of halogens is 2. The van der Waals surface area contributed by atoms with Gasteiger partial charge in [0.15, 0.2) is 0 Å². The predicted octanol–water partition coefficient (Wildman–Crippen LogP) is 2.42. The molecule has 2 rings (SSSR count). The third-order valence-electron chi connectivity index (χ3n) is 3.01. The van der Waals surface area contributed by atoms with Gasteiger partial charge in [-0.2, -0.15) is 0 Å². The Labute approximate surface area is 114 Å². The summed E-state index contributed by atoms with van der Waals surface area (Å²) in [5.74, 6) is 0.0855. The monoisotopic (exact) mass is 316 g/mol. The molecule has 5 heteroatoms. The first-order valence-corrected chi connectivity index (χ1v) is 6.70. The quantitative estimate of drug-likeness (QED) is 0.908. The van der Waals surface area contributed by atoms with E-state index in [2.05, 4.69) is 26.1 Å². The van der Waals surface area contributed by atoms with Crippen molar-refractivity contribution < 1.29 is 4.79 Å². The molecular weight excluding hydrogens is 304 g/mol. The van der Waals surface area contributed by atoms with E-state index >= 15 is 0 Å². The van der Waals surface area contributed by atoms with Gasteiger partial charge in [0.05, 0.1) is 6.04 Å². The number of benzene rings is 1. The SMILES string of the molecule is CC1C(=O)NCCN1Cc1cc(Br)ccc1Cl. The molecule has 1 aliphatic rings. The average Bonchev–Trinajstić information content (AvgIpc) is 2.30. The average molecular weight is 318 g/mol. The van der Waals surface area contributed by atoms with E-state index in [4.69, 9.17) is 11.6 Å². The molecule has 1 amide bonds. The zero-order chi connectivity index (χ0) is 12.4. The van der Waals surface area contributed by atoms with Crippen molar-refractivity contribution in [2.45, 2.75) is 19.5 Å². The van der Waals surface area contributed by atoms with Crippen LogP contribution in [0, 0.1) is 0 Å². The van der Waals surface area contributed by atoms with Crippen LogP contribution in [0.25, 0.3) is 0 Å². The maximum Gasteiger partial charge on any atom is 0.237 e. The van der Waals surface area contributed by atoms with Gasteiger partial charge in [-0.25, -0.2) is 0 Å². The van der Waals surface area contributed by atoms with Gasteiger partial charge in [0.2, 0.25) is 5.91 Å². The van der Waals surface area contributed by atoms with Crippen molar-refractivity contribution in [3.05, 3.63) is 33.3 Å². The van der Waals surface area contributed by atoms with Crippen molar-refractivity contribution in [1.82, 2.24) is 10.2 Å². The number of nitrogens with zero attached hydrogens (tertiary/aromatic N) is 1. The van der Waals surface area contributed by atoms with Gasteiger partial charge in [-0.05, 0) is 30.7 Å². The van der Waals surface area contributed by atoms with Gasteiger partial charge in [-0.15, -0.1) is 0 Å². The molecule has 0 radical (unpaired) electrons. The Morgan fingerprint density at radius 1 is 1.59 bits per heavy atom. The first-order valence-electron chi connectivity index (χ1n) is 5.53. The van der Waals surface area contributed by atoms with Crippen LogP contribution in [0.15, 0.2) is 22.7 Å². The first-order chi connectivity index (χ1) is 8.08. The van der Waals surface area contributed by atoms with Gasteiger partial charge in [0.1, 0.15) is 0 Å². The van der Waals surface area contributed by atoms with Crippen LogP contribution in [0.5, 0.6) is 0 Å². The van der Waals surface area contributed by atoms with E-state index in [1.54, 1.807) is 0 Å². The van der Waals surface area contributed by atoms with Crippen molar-refractivity contribution in [1.29, 1.82) is 0 Å². The second kappa shape index (κ2) is 5.38. The fourth-order valence-corrected chi connectivity index (χ4v) is 2.51. The zero-order valence-corrected chi connectivity index (χ0v) is 11.9. The molecule has 0 aliphatic carbocycles. The van der Waals surface area contributed by atoms with Crippen molar-refractivity contribution in [3.8, 4) is 0 Å². The first kappa shape index (κ1) is 12.9. The maximum atomic E-state index is 11.6. The van der Waals surface area contributed by atoms with Gasteiger partial charge >= 0.3 is 0 Å². The maximum absolute atomic E-state index is 11.6. The second-order valence-electron chi connectivity index (χ2n) is 4.17. The topological polar surface area (TPSA) is 32.3 Å². The van der Waals surface area contributed by atoms with E-state index in [-0.39, 0.29) is 11.9 Å². The van der Waals surface area contributed by atoms with Gasteiger partial charge in [-0.3, -0.25) is 9.69 Å². The number of carbonyl (C=O) groups excluding carboxylic acids is 1. The minimum Gasteiger partial charge on any atom is -0.353 e. The van der Waals surface area contributed by atoms with E-state index in [1.807, 2.05) is 25.1 Å². The molecule has 1 aromatic rings. The molecule has 1 fully saturated rings.